The Labute approximate surface area is 101 Å². The van der Waals surface area contributed by atoms with Gasteiger partial charge in [0.15, 0.2) is 5.82 Å². The summed E-state index contributed by atoms with van der Waals surface area (Å²) in [6.07, 6.45) is 2.71. The van der Waals surface area contributed by atoms with Gasteiger partial charge >= 0.3 is 0 Å². The molecule has 6 nitrogen and oxygen atoms in total. The van der Waals surface area contributed by atoms with E-state index in [9.17, 15) is 0 Å². The molecule has 0 atom stereocenters. The zero-order valence-corrected chi connectivity index (χ0v) is 9.80. The van der Waals surface area contributed by atoms with E-state index in [0.717, 1.165) is 45.8 Å². The van der Waals surface area contributed by atoms with Crippen LogP contribution >= 0.6 is 0 Å². The van der Waals surface area contributed by atoms with Crippen LogP contribution in [0.1, 0.15) is 12.0 Å². The maximum Gasteiger partial charge on any atom is 0.163 e. The van der Waals surface area contributed by atoms with E-state index in [1.165, 1.54) is 0 Å². The van der Waals surface area contributed by atoms with Crippen LogP contribution in [0, 0.1) is 11.3 Å². The van der Waals surface area contributed by atoms with E-state index in [0.29, 0.717) is 11.4 Å². The van der Waals surface area contributed by atoms with Crippen LogP contribution < -0.4 is 5.73 Å². The van der Waals surface area contributed by atoms with Crippen molar-refractivity contribution >= 4 is 5.82 Å². The smallest absolute Gasteiger partial charge is 0.163 e. The first-order valence-corrected chi connectivity index (χ1v) is 5.83. The van der Waals surface area contributed by atoms with Crippen molar-refractivity contribution in [2.24, 2.45) is 0 Å². The van der Waals surface area contributed by atoms with Gasteiger partial charge in [0.05, 0.1) is 13.2 Å². The number of anilines is 1. The van der Waals surface area contributed by atoms with E-state index in [1.54, 1.807) is 10.9 Å². The van der Waals surface area contributed by atoms with Gasteiger partial charge in [-0.1, -0.05) is 0 Å². The quantitative estimate of drug-likeness (QED) is 0.798. The Morgan fingerprint density at radius 1 is 1.41 bits per heavy atom. The van der Waals surface area contributed by atoms with E-state index >= 15 is 0 Å². The summed E-state index contributed by atoms with van der Waals surface area (Å²) >= 11 is 0. The SMILES string of the molecule is N#Cc1cn(CCCN2CCOCC2)nc1N. The fraction of sp³-hybridized carbons (Fsp3) is 0.636. The minimum absolute atomic E-state index is 0.318. The maximum atomic E-state index is 8.76. The van der Waals surface area contributed by atoms with Gasteiger partial charge in [0.1, 0.15) is 11.6 Å². The number of aryl methyl sites for hydroxylation is 1. The van der Waals surface area contributed by atoms with Crippen molar-refractivity contribution in [3.05, 3.63) is 11.8 Å². The number of nitriles is 1. The number of rotatable bonds is 4. The Morgan fingerprint density at radius 3 is 2.82 bits per heavy atom. The van der Waals surface area contributed by atoms with Crippen molar-refractivity contribution in [1.82, 2.24) is 14.7 Å². The molecule has 0 aliphatic carbocycles. The Kier molecular flexibility index (Phi) is 3.96. The molecular formula is C11H17N5O. The third-order valence-electron chi connectivity index (χ3n) is 2.88. The summed E-state index contributed by atoms with van der Waals surface area (Å²) in [5.41, 5.74) is 6.04. The lowest BCUT2D eigenvalue weighted by atomic mass is 10.3. The van der Waals surface area contributed by atoms with Crippen LogP contribution in [0.3, 0.4) is 0 Å². The van der Waals surface area contributed by atoms with E-state index < -0.39 is 0 Å². The molecule has 1 aromatic rings. The van der Waals surface area contributed by atoms with Crippen LogP contribution in [0.25, 0.3) is 0 Å². The maximum absolute atomic E-state index is 8.76. The number of hydrogen-bond acceptors (Lipinski definition) is 5. The highest BCUT2D eigenvalue weighted by molar-refractivity contribution is 5.46. The van der Waals surface area contributed by atoms with Gasteiger partial charge in [-0.3, -0.25) is 9.58 Å². The molecule has 17 heavy (non-hydrogen) atoms. The van der Waals surface area contributed by atoms with Crippen LogP contribution in [0.2, 0.25) is 0 Å². The number of nitrogens with zero attached hydrogens (tertiary/aromatic N) is 4. The molecule has 2 rings (SSSR count). The van der Waals surface area contributed by atoms with Gasteiger partial charge in [-0.25, -0.2) is 0 Å². The average Bonchev–Trinajstić information content (AvgIpc) is 2.71. The Bertz CT molecular complexity index is 402. The normalized spacial score (nSPS) is 16.9. The molecule has 2 N–H and O–H groups in total. The molecule has 2 heterocycles. The number of ether oxygens (including phenoxy) is 1. The molecule has 1 aromatic heterocycles. The summed E-state index contributed by atoms with van der Waals surface area (Å²) < 4.78 is 7.03. The second kappa shape index (κ2) is 5.66. The van der Waals surface area contributed by atoms with Crippen LogP contribution in [0.15, 0.2) is 6.20 Å². The van der Waals surface area contributed by atoms with Crippen molar-refractivity contribution in [2.75, 3.05) is 38.6 Å². The molecule has 0 saturated carbocycles. The predicted octanol–water partition coefficient (Wildman–Crippen LogP) is 0.0593. The molecule has 0 aromatic carbocycles. The zero-order valence-electron chi connectivity index (χ0n) is 9.80. The monoisotopic (exact) mass is 235 g/mol. The highest BCUT2D eigenvalue weighted by Gasteiger charge is 2.10. The minimum Gasteiger partial charge on any atom is -0.381 e. The van der Waals surface area contributed by atoms with Crippen LogP contribution in [0.4, 0.5) is 5.82 Å². The van der Waals surface area contributed by atoms with Gasteiger partial charge in [0.2, 0.25) is 0 Å². The lowest BCUT2D eigenvalue weighted by molar-refractivity contribution is 0.0368. The van der Waals surface area contributed by atoms with E-state index in [4.69, 9.17) is 15.7 Å². The standard InChI is InChI=1S/C11H17N5O/c12-8-10-9-16(14-11(10)13)3-1-2-15-4-6-17-7-5-15/h9H,1-7H2,(H2,13,14). The van der Waals surface area contributed by atoms with Crippen molar-refractivity contribution in [2.45, 2.75) is 13.0 Å². The lowest BCUT2D eigenvalue weighted by Crippen LogP contribution is -2.37. The first-order chi connectivity index (χ1) is 8.29. The van der Waals surface area contributed by atoms with E-state index in [-0.39, 0.29) is 0 Å². The van der Waals surface area contributed by atoms with Gasteiger partial charge in [-0.2, -0.15) is 10.4 Å². The summed E-state index contributed by atoms with van der Waals surface area (Å²) in [5, 5.41) is 12.8. The largest absolute Gasteiger partial charge is 0.381 e. The highest BCUT2D eigenvalue weighted by atomic mass is 16.5. The summed E-state index contributed by atoms with van der Waals surface area (Å²) in [6.45, 7) is 5.49. The second-order valence-electron chi connectivity index (χ2n) is 4.11. The fourth-order valence-electron chi connectivity index (χ4n) is 1.92. The molecule has 1 fully saturated rings. The Hall–Kier alpha value is -1.58. The third-order valence-corrected chi connectivity index (χ3v) is 2.88. The molecule has 0 spiro atoms. The van der Waals surface area contributed by atoms with Gasteiger partial charge in [0.25, 0.3) is 0 Å². The second-order valence-corrected chi connectivity index (χ2v) is 4.11. The van der Waals surface area contributed by atoms with Gasteiger partial charge in [-0.05, 0) is 6.42 Å². The van der Waals surface area contributed by atoms with Crippen molar-refractivity contribution in [1.29, 1.82) is 5.26 Å². The van der Waals surface area contributed by atoms with Crippen LogP contribution in [-0.4, -0.2) is 47.5 Å². The summed E-state index contributed by atoms with van der Waals surface area (Å²) in [7, 11) is 0. The average molecular weight is 235 g/mol. The number of aromatic nitrogens is 2. The minimum atomic E-state index is 0.318. The molecule has 0 radical (unpaired) electrons. The number of nitrogens with two attached hydrogens (primary N) is 1. The molecule has 1 aliphatic rings. The summed E-state index contributed by atoms with van der Waals surface area (Å²) in [6, 6.07) is 2.02. The van der Waals surface area contributed by atoms with Gasteiger partial charge < -0.3 is 10.5 Å². The predicted molar refractivity (Wildman–Crippen MR) is 63.2 cm³/mol. The zero-order chi connectivity index (χ0) is 12.1. The Morgan fingerprint density at radius 2 is 2.18 bits per heavy atom. The third kappa shape index (κ3) is 3.19. The Balaban J connectivity index is 1.75. The van der Waals surface area contributed by atoms with Crippen molar-refractivity contribution < 1.29 is 4.74 Å². The van der Waals surface area contributed by atoms with E-state index in [1.807, 2.05) is 6.07 Å². The molecule has 0 unspecified atom stereocenters. The molecular weight excluding hydrogens is 218 g/mol. The van der Waals surface area contributed by atoms with E-state index in [2.05, 4.69) is 10.00 Å². The van der Waals surface area contributed by atoms with Crippen LogP contribution in [-0.2, 0) is 11.3 Å². The topological polar surface area (TPSA) is 80.1 Å². The first kappa shape index (κ1) is 11.9. The van der Waals surface area contributed by atoms with Crippen molar-refractivity contribution in [3.8, 4) is 6.07 Å². The highest BCUT2D eigenvalue weighted by Crippen LogP contribution is 2.07. The molecule has 1 saturated heterocycles. The van der Waals surface area contributed by atoms with Gasteiger partial charge in [0, 0.05) is 32.4 Å². The lowest BCUT2D eigenvalue weighted by Gasteiger charge is -2.26. The summed E-state index contributed by atoms with van der Waals surface area (Å²) in [5.74, 6) is 0.318. The molecule has 1 aliphatic heterocycles. The number of morpholine rings is 1. The summed E-state index contributed by atoms with van der Waals surface area (Å²) in [4.78, 5) is 2.38. The molecule has 6 heteroatoms. The molecule has 0 amide bonds. The van der Waals surface area contributed by atoms with Crippen LogP contribution in [0.5, 0.6) is 0 Å². The fourth-order valence-corrected chi connectivity index (χ4v) is 1.92. The molecule has 0 bridgehead atoms. The van der Waals surface area contributed by atoms with Crippen molar-refractivity contribution in [3.63, 3.8) is 0 Å². The molecule has 92 valence electrons. The first-order valence-electron chi connectivity index (χ1n) is 5.83. The number of hydrogen-bond donors (Lipinski definition) is 1. The number of nitrogen functional groups attached to an aromatic ring is 1. The van der Waals surface area contributed by atoms with Gasteiger partial charge in [-0.15, -0.1) is 0 Å².